The molecule has 0 saturated carbocycles. The van der Waals surface area contributed by atoms with E-state index < -0.39 is 32.8 Å². The molecular weight excluding hydrogens is 259 g/mol. The van der Waals surface area contributed by atoms with Crippen molar-refractivity contribution in [3.8, 4) is 0 Å². The van der Waals surface area contributed by atoms with Crippen LogP contribution in [0.3, 0.4) is 0 Å². The van der Waals surface area contributed by atoms with Crippen molar-refractivity contribution in [2.45, 2.75) is 29.9 Å². The van der Waals surface area contributed by atoms with Crippen molar-refractivity contribution >= 4 is 15.8 Å². The maximum Gasteiger partial charge on any atom is 0.306 e. The Labute approximate surface area is 104 Å². The summed E-state index contributed by atoms with van der Waals surface area (Å²) in [6.07, 6.45) is 0.237. The second-order valence-corrected chi connectivity index (χ2v) is 6.79. The molecule has 0 fully saturated rings. The number of hydrogen-bond acceptors (Lipinski definition) is 3. The SMILES string of the molecule is CC(CC1Cc2cc(F)ccc2S1(=O)=O)C(=O)O. The second-order valence-electron chi connectivity index (χ2n) is 4.60. The third kappa shape index (κ3) is 2.12. The number of hydrogen-bond donors (Lipinski definition) is 1. The van der Waals surface area contributed by atoms with Gasteiger partial charge in [0.2, 0.25) is 0 Å². The maximum absolute atomic E-state index is 13.0. The van der Waals surface area contributed by atoms with Crippen LogP contribution in [0, 0.1) is 11.7 Å². The number of benzene rings is 1. The van der Waals surface area contributed by atoms with Gasteiger partial charge in [-0.1, -0.05) is 6.92 Å². The van der Waals surface area contributed by atoms with Crippen LogP contribution in [0.1, 0.15) is 18.9 Å². The minimum Gasteiger partial charge on any atom is -0.481 e. The lowest BCUT2D eigenvalue weighted by atomic mass is 10.0. The Morgan fingerprint density at radius 1 is 1.56 bits per heavy atom. The van der Waals surface area contributed by atoms with E-state index in [0.29, 0.717) is 5.56 Å². The zero-order valence-corrected chi connectivity index (χ0v) is 10.6. The molecule has 18 heavy (non-hydrogen) atoms. The third-order valence-electron chi connectivity index (χ3n) is 3.25. The van der Waals surface area contributed by atoms with E-state index >= 15 is 0 Å². The minimum absolute atomic E-state index is 0.0496. The van der Waals surface area contributed by atoms with Gasteiger partial charge in [0, 0.05) is 0 Å². The molecule has 1 heterocycles. The van der Waals surface area contributed by atoms with Crippen LogP contribution in [-0.2, 0) is 21.1 Å². The summed E-state index contributed by atoms with van der Waals surface area (Å²) in [6.45, 7) is 1.47. The van der Waals surface area contributed by atoms with Gasteiger partial charge in [-0.3, -0.25) is 4.79 Å². The van der Waals surface area contributed by atoms with Crippen molar-refractivity contribution < 1.29 is 22.7 Å². The molecule has 98 valence electrons. The first-order chi connectivity index (χ1) is 8.32. The van der Waals surface area contributed by atoms with Crippen molar-refractivity contribution in [2.24, 2.45) is 5.92 Å². The zero-order chi connectivity index (χ0) is 13.5. The lowest BCUT2D eigenvalue weighted by molar-refractivity contribution is -0.141. The Morgan fingerprint density at radius 3 is 2.83 bits per heavy atom. The van der Waals surface area contributed by atoms with E-state index in [2.05, 4.69) is 0 Å². The largest absolute Gasteiger partial charge is 0.481 e. The first-order valence-electron chi connectivity index (χ1n) is 5.57. The summed E-state index contributed by atoms with van der Waals surface area (Å²) in [7, 11) is -3.52. The molecule has 0 bridgehead atoms. The van der Waals surface area contributed by atoms with E-state index in [1.807, 2.05) is 0 Å². The summed E-state index contributed by atoms with van der Waals surface area (Å²) in [6, 6.07) is 3.57. The van der Waals surface area contributed by atoms with Gasteiger partial charge in [-0.25, -0.2) is 12.8 Å². The predicted octanol–water partition coefficient (Wildman–Crippen LogP) is 1.63. The van der Waals surface area contributed by atoms with Crippen LogP contribution < -0.4 is 0 Å². The number of carboxylic acid groups (broad SMARTS) is 1. The Morgan fingerprint density at radius 2 is 2.22 bits per heavy atom. The number of aliphatic carboxylic acids is 1. The fourth-order valence-electron chi connectivity index (χ4n) is 2.22. The highest BCUT2D eigenvalue weighted by Gasteiger charge is 2.38. The molecule has 0 saturated heterocycles. The molecule has 2 rings (SSSR count). The van der Waals surface area contributed by atoms with Crippen LogP contribution in [0.5, 0.6) is 0 Å². The lowest BCUT2D eigenvalue weighted by Crippen LogP contribution is -2.23. The van der Waals surface area contributed by atoms with E-state index in [4.69, 9.17) is 5.11 Å². The fraction of sp³-hybridized carbons (Fsp3) is 0.417. The topological polar surface area (TPSA) is 71.4 Å². The standard InChI is InChI=1S/C12H13FO4S/c1-7(12(14)15)4-10-6-8-5-9(13)2-3-11(8)18(10,16)17/h2-3,5,7,10H,4,6H2,1H3,(H,14,15). The molecule has 4 nitrogen and oxygen atoms in total. The summed E-state index contributed by atoms with van der Waals surface area (Å²) >= 11 is 0. The average Bonchev–Trinajstić information content (AvgIpc) is 2.50. The van der Waals surface area contributed by atoms with Gasteiger partial charge in [0.05, 0.1) is 16.1 Å². The number of halogens is 1. The van der Waals surface area contributed by atoms with Gasteiger partial charge in [-0.05, 0) is 36.6 Å². The van der Waals surface area contributed by atoms with Gasteiger partial charge in [0.15, 0.2) is 9.84 Å². The molecule has 0 aromatic heterocycles. The van der Waals surface area contributed by atoms with E-state index in [9.17, 15) is 17.6 Å². The van der Waals surface area contributed by atoms with Crippen molar-refractivity contribution in [2.75, 3.05) is 0 Å². The minimum atomic E-state index is -3.52. The van der Waals surface area contributed by atoms with Crippen LogP contribution in [0.15, 0.2) is 23.1 Å². The van der Waals surface area contributed by atoms with E-state index in [1.165, 1.54) is 19.1 Å². The van der Waals surface area contributed by atoms with E-state index in [0.717, 1.165) is 6.07 Å². The molecule has 2 atom stereocenters. The Kier molecular flexibility index (Phi) is 3.14. The fourth-order valence-corrected chi connectivity index (χ4v) is 4.29. The smallest absolute Gasteiger partial charge is 0.306 e. The zero-order valence-electron chi connectivity index (χ0n) is 9.76. The van der Waals surface area contributed by atoms with Gasteiger partial charge in [-0.15, -0.1) is 0 Å². The quantitative estimate of drug-likeness (QED) is 0.849. The van der Waals surface area contributed by atoms with Gasteiger partial charge in [-0.2, -0.15) is 0 Å². The van der Waals surface area contributed by atoms with Crippen molar-refractivity contribution in [1.29, 1.82) is 0 Å². The highest BCUT2D eigenvalue weighted by atomic mass is 32.2. The van der Waals surface area contributed by atoms with Crippen molar-refractivity contribution in [1.82, 2.24) is 0 Å². The predicted molar refractivity (Wildman–Crippen MR) is 62.5 cm³/mol. The summed E-state index contributed by atoms with van der Waals surface area (Å²) in [4.78, 5) is 10.9. The number of sulfone groups is 1. The molecule has 1 aromatic rings. The third-order valence-corrected chi connectivity index (χ3v) is 5.50. The van der Waals surface area contributed by atoms with Gasteiger partial charge in [0.25, 0.3) is 0 Å². The first kappa shape index (κ1) is 13.0. The molecule has 6 heteroatoms. The number of rotatable bonds is 3. The summed E-state index contributed by atoms with van der Waals surface area (Å²) < 4.78 is 37.3. The van der Waals surface area contributed by atoms with Crippen LogP contribution in [0.25, 0.3) is 0 Å². The maximum atomic E-state index is 13.0. The number of fused-ring (bicyclic) bond motifs is 1. The molecule has 0 spiro atoms. The van der Waals surface area contributed by atoms with Crippen LogP contribution >= 0.6 is 0 Å². The highest BCUT2D eigenvalue weighted by molar-refractivity contribution is 7.92. The van der Waals surface area contributed by atoms with Gasteiger partial charge in [0.1, 0.15) is 5.82 Å². The Hall–Kier alpha value is -1.43. The van der Waals surface area contributed by atoms with E-state index in [-0.39, 0.29) is 17.7 Å². The van der Waals surface area contributed by atoms with Gasteiger partial charge < -0.3 is 5.11 Å². The Balaban J connectivity index is 2.32. The monoisotopic (exact) mass is 272 g/mol. The number of carboxylic acids is 1. The van der Waals surface area contributed by atoms with E-state index in [1.54, 1.807) is 0 Å². The second kappa shape index (κ2) is 4.35. The lowest BCUT2D eigenvalue weighted by Gasteiger charge is -2.12. The molecule has 0 aliphatic carbocycles. The molecular formula is C12H13FO4S. The normalized spacial score (nSPS) is 22.4. The van der Waals surface area contributed by atoms with Crippen LogP contribution in [0.2, 0.25) is 0 Å². The first-order valence-corrected chi connectivity index (χ1v) is 7.12. The molecule has 0 amide bonds. The highest BCUT2D eigenvalue weighted by Crippen LogP contribution is 2.34. The van der Waals surface area contributed by atoms with Crippen LogP contribution in [0.4, 0.5) is 4.39 Å². The van der Waals surface area contributed by atoms with Gasteiger partial charge >= 0.3 is 5.97 Å². The number of carbonyl (C=O) groups is 1. The van der Waals surface area contributed by atoms with Crippen LogP contribution in [-0.4, -0.2) is 24.7 Å². The molecule has 1 aliphatic heterocycles. The molecule has 1 aliphatic rings. The Bertz CT molecular complexity index is 594. The van der Waals surface area contributed by atoms with Crippen molar-refractivity contribution in [3.05, 3.63) is 29.6 Å². The summed E-state index contributed by atoms with van der Waals surface area (Å²) in [5.41, 5.74) is 0.442. The molecule has 1 aromatic carbocycles. The van der Waals surface area contributed by atoms with Crippen molar-refractivity contribution in [3.63, 3.8) is 0 Å². The average molecular weight is 272 g/mol. The molecule has 1 N–H and O–H groups in total. The molecule has 2 unspecified atom stereocenters. The summed E-state index contributed by atoms with van der Waals surface area (Å²) in [5, 5.41) is 8.06. The molecule has 0 radical (unpaired) electrons. The summed E-state index contributed by atoms with van der Waals surface area (Å²) in [5.74, 6) is -2.23.